The van der Waals surface area contributed by atoms with E-state index in [0.717, 1.165) is 24.2 Å². The van der Waals surface area contributed by atoms with E-state index in [9.17, 15) is 4.79 Å². The minimum Gasteiger partial charge on any atom is -0.380 e. The van der Waals surface area contributed by atoms with E-state index in [4.69, 9.17) is 5.41 Å². The van der Waals surface area contributed by atoms with Gasteiger partial charge >= 0.3 is 0 Å². The summed E-state index contributed by atoms with van der Waals surface area (Å²) >= 11 is 1.45. The maximum absolute atomic E-state index is 10.9. The lowest BCUT2D eigenvalue weighted by Gasteiger charge is -2.04. The van der Waals surface area contributed by atoms with Crippen LogP contribution in [0.5, 0.6) is 0 Å². The Morgan fingerprint density at radius 1 is 1.33 bits per heavy atom. The van der Waals surface area contributed by atoms with Crippen molar-refractivity contribution in [2.45, 2.75) is 19.8 Å². The summed E-state index contributed by atoms with van der Waals surface area (Å²) in [5.41, 5.74) is 3.25. The second kappa shape index (κ2) is 7.54. The summed E-state index contributed by atoms with van der Waals surface area (Å²) in [5, 5.41) is 15.4. The third kappa shape index (κ3) is 5.00. The number of hydrogen-bond donors (Lipinski definition) is 3. The van der Waals surface area contributed by atoms with E-state index in [-0.39, 0.29) is 5.91 Å². The number of nitrogens with zero attached hydrogens (tertiary/aromatic N) is 1. The molecule has 0 aliphatic rings. The van der Waals surface area contributed by atoms with Gasteiger partial charge in [-0.25, -0.2) is 4.98 Å². The molecule has 0 fully saturated rings. The van der Waals surface area contributed by atoms with Gasteiger partial charge in [-0.3, -0.25) is 4.79 Å². The molecule has 2 rings (SSSR count). The van der Waals surface area contributed by atoms with Gasteiger partial charge in [-0.1, -0.05) is 12.1 Å². The number of aryl methyl sites for hydroxylation is 2. The van der Waals surface area contributed by atoms with Crippen molar-refractivity contribution in [1.29, 1.82) is 5.41 Å². The monoisotopic (exact) mass is 302 g/mol. The first-order valence-corrected chi connectivity index (χ1v) is 7.59. The van der Waals surface area contributed by atoms with Crippen molar-refractivity contribution in [3.8, 4) is 0 Å². The fourth-order valence-electron chi connectivity index (χ4n) is 1.86. The van der Waals surface area contributed by atoms with Crippen molar-refractivity contribution in [2.75, 3.05) is 17.2 Å². The Hall–Kier alpha value is -2.21. The second-order valence-corrected chi connectivity index (χ2v) is 5.47. The molecule has 0 spiro atoms. The second-order valence-electron chi connectivity index (χ2n) is 4.61. The number of rotatable bonds is 7. The summed E-state index contributed by atoms with van der Waals surface area (Å²) in [7, 11) is 0. The summed E-state index contributed by atoms with van der Waals surface area (Å²) in [5.74, 6) is -0.0936. The fourth-order valence-corrected chi connectivity index (χ4v) is 2.65. The zero-order valence-corrected chi connectivity index (χ0v) is 12.7. The van der Waals surface area contributed by atoms with E-state index >= 15 is 0 Å². The summed E-state index contributed by atoms with van der Waals surface area (Å²) in [6, 6.07) is 8.19. The van der Waals surface area contributed by atoms with Crippen LogP contribution >= 0.6 is 11.3 Å². The Kier molecular flexibility index (Phi) is 5.45. The Labute approximate surface area is 127 Å². The van der Waals surface area contributed by atoms with Crippen LogP contribution in [0.3, 0.4) is 0 Å². The largest absolute Gasteiger partial charge is 0.380 e. The number of benzene rings is 1. The SMILES string of the molecule is CC(=O)Nc1nc(CCc2ccc(NCC=N)cc2)cs1. The molecule has 1 aromatic heterocycles. The molecule has 5 nitrogen and oxygen atoms in total. The van der Waals surface area contributed by atoms with E-state index in [1.807, 2.05) is 17.5 Å². The lowest BCUT2D eigenvalue weighted by Crippen LogP contribution is -2.05. The van der Waals surface area contributed by atoms with E-state index in [1.165, 1.54) is 30.0 Å². The maximum atomic E-state index is 10.9. The average molecular weight is 302 g/mol. The van der Waals surface area contributed by atoms with E-state index in [2.05, 4.69) is 27.8 Å². The zero-order chi connectivity index (χ0) is 15.1. The van der Waals surface area contributed by atoms with Crippen LogP contribution < -0.4 is 10.6 Å². The van der Waals surface area contributed by atoms with Crippen LogP contribution in [0.1, 0.15) is 18.2 Å². The quantitative estimate of drug-likeness (QED) is 0.688. The topological polar surface area (TPSA) is 77.9 Å². The summed E-state index contributed by atoms with van der Waals surface area (Å²) in [4.78, 5) is 15.3. The number of aromatic nitrogens is 1. The van der Waals surface area contributed by atoms with Crippen molar-refractivity contribution in [3.63, 3.8) is 0 Å². The third-order valence-electron chi connectivity index (χ3n) is 2.87. The first-order chi connectivity index (χ1) is 10.2. The van der Waals surface area contributed by atoms with Crippen molar-refractivity contribution in [3.05, 3.63) is 40.9 Å². The van der Waals surface area contributed by atoms with Crippen LogP contribution in [0.4, 0.5) is 10.8 Å². The predicted octanol–water partition coefficient (Wildman–Crippen LogP) is 2.95. The molecule has 3 N–H and O–H groups in total. The molecular weight excluding hydrogens is 284 g/mol. The summed E-state index contributed by atoms with van der Waals surface area (Å²) < 4.78 is 0. The van der Waals surface area contributed by atoms with Gasteiger partial charge in [-0.2, -0.15) is 0 Å². The van der Waals surface area contributed by atoms with Gasteiger partial charge in [0.2, 0.25) is 5.91 Å². The lowest BCUT2D eigenvalue weighted by atomic mass is 10.1. The standard InChI is InChI=1S/C15H18N4OS/c1-11(20)18-15-19-14(10-21-15)7-4-12-2-5-13(6-3-12)17-9-8-16/h2-3,5-6,8,10,16-17H,4,7,9H2,1H3,(H,18,19,20). The smallest absolute Gasteiger partial charge is 0.223 e. The first kappa shape index (κ1) is 15.2. The summed E-state index contributed by atoms with van der Waals surface area (Å²) in [6.45, 7) is 2.03. The van der Waals surface area contributed by atoms with Crippen molar-refractivity contribution in [1.82, 2.24) is 4.98 Å². The molecule has 0 saturated carbocycles. The minimum absolute atomic E-state index is 0.0936. The normalized spacial score (nSPS) is 10.1. The van der Waals surface area contributed by atoms with Crippen LogP contribution in [-0.2, 0) is 17.6 Å². The van der Waals surface area contributed by atoms with Crippen molar-refractivity contribution >= 4 is 34.3 Å². The van der Waals surface area contributed by atoms with Gasteiger partial charge in [0.1, 0.15) is 0 Å². The molecule has 110 valence electrons. The maximum Gasteiger partial charge on any atom is 0.223 e. The Bertz CT molecular complexity index is 606. The van der Waals surface area contributed by atoms with Crippen LogP contribution in [0.25, 0.3) is 0 Å². The van der Waals surface area contributed by atoms with Crippen LogP contribution in [0.15, 0.2) is 29.6 Å². The number of thiazole rings is 1. The predicted molar refractivity (Wildman–Crippen MR) is 87.5 cm³/mol. The molecular formula is C15H18N4OS. The van der Waals surface area contributed by atoms with Gasteiger partial charge in [-0.05, 0) is 30.5 Å². The van der Waals surface area contributed by atoms with Crippen LogP contribution in [-0.4, -0.2) is 23.7 Å². The highest BCUT2D eigenvalue weighted by Gasteiger charge is 2.04. The van der Waals surface area contributed by atoms with Crippen LogP contribution in [0.2, 0.25) is 0 Å². The zero-order valence-electron chi connectivity index (χ0n) is 11.8. The van der Waals surface area contributed by atoms with Crippen molar-refractivity contribution < 1.29 is 4.79 Å². The molecule has 2 aromatic rings. The molecule has 1 aromatic carbocycles. The number of amides is 1. The minimum atomic E-state index is -0.0936. The van der Waals surface area contributed by atoms with Gasteiger partial charge in [0.15, 0.2) is 5.13 Å². The number of nitrogens with one attached hydrogen (secondary N) is 3. The van der Waals surface area contributed by atoms with Crippen LogP contribution in [0, 0.1) is 5.41 Å². The van der Waals surface area contributed by atoms with Gasteiger partial charge in [0.25, 0.3) is 0 Å². The Morgan fingerprint density at radius 3 is 2.76 bits per heavy atom. The van der Waals surface area contributed by atoms with Gasteiger partial charge in [0.05, 0.1) is 5.69 Å². The van der Waals surface area contributed by atoms with E-state index < -0.39 is 0 Å². The molecule has 1 amide bonds. The molecule has 0 saturated heterocycles. The molecule has 6 heteroatoms. The molecule has 0 aliphatic heterocycles. The summed E-state index contributed by atoms with van der Waals surface area (Å²) in [6.07, 6.45) is 3.10. The Balaban J connectivity index is 1.86. The molecule has 0 unspecified atom stereocenters. The fraction of sp³-hybridized carbons (Fsp3) is 0.267. The number of anilines is 2. The third-order valence-corrected chi connectivity index (χ3v) is 3.67. The van der Waals surface area contributed by atoms with Gasteiger partial charge < -0.3 is 16.0 Å². The van der Waals surface area contributed by atoms with Crippen molar-refractivity contribution in [2.24, 2.45) is 0 Å². The molecule has 0 bridgehead atoms. The molecule has 21 heavy (non-hydrogen) atoms. The van der Waals surface area contributed by atoms with Gasteiger partial charge in [-0.15, -0.1) is 11.3 Å². The Morgan fingerprint density at radius 2 is 2.10 bits per heavy atom. The highest BCUT2D eigenvalue weighted by atomic mass is 32.1. The highest BCUT2D eigenvalue weighted by molar-refractivity contribution is 7.13. The van der Waals surface area contributed by atoms with E-state index in [1.54, 1.807) is 0 Å². The van der Waals surface area contributed by atoms with Gasteiger partial charge in [0, 0.05) is 30.8 Å². The number of carbonyl (C=O) groups is 1. The molecule has 0 radical (unpaired) electrons. The number of hydrogen-bond acceptors (Lipinski definition) is 5. The molecule has 1 heterocycles. The molecule has 0 aliphatic carbocycles. The van der Waals surface area contributed by atoms with E-state index in [0.29, 0.717) is 11.7 Å². The average Bonchev–Trinajstić information content (AvgIpc) is 2.91. The number of carbonyl (C=O) groups excluding carboxylic acids is 1. The lowest BCUT2D eigenvalue weighted by molar-refractivity contribution is -0.114. The molecule has 0 atom stereocenters. The highest BCUT2D eigenvalue weighted by Crippen LogP contribution is 2.17. The first-order valence-electron chi connectivity index (χ1n) is 6.71.